The second-order valence-electron chi connectivity index (χ2n) is 3.77. The molecule has 1 unspecified atom stereocenters. The maximum absolute atomic E-state index is 11.1. The minimum Gasteiger partial charge on any atom is -0.478 e. The Morgan fingerprint density at radius 1 is 1.44 bits per heavy atom. The normalized spacial score (nSPS) is 30.1. The summed E-state index contributed by atoms with van der Waals surface area (Å²) in [6.07, 6.45) is 11.4. The van der Waals surface area contributed by atoms with E-state index in [4.69, 9.17) is 5.11 Å². The first kappa shape index (κ1) is 9.66. The SMILES string of the molecule is O=C(O)C1=C2C=CN=C3C=CC=CC32SC1. The molecule has 0 saturated carbocycles. The highest BCUT2D eigenvalue weighted by atomic mass is 32.2. The molecule has 1 N–H and O–H groups in total. The summed E-state index contributed by atoms with van der Waals surface area (Å²) >= 11 is 1.62. The van der Waals surface area contributed by atoms with Crippen LogP contribution in [0.2, 0.25) is 0 Å². The predicted octanol–water partition coefficient (Wildman–Crippen LogP) is 1.95. The van der Waals surface area contributed by atoms with E-state index in [1.807, 2.05) is 30.4 Å². The average molecular weight is 231 g/mol. The van der Waals surface area contributed by atoms with E-state index < -0.39 is 5.97 Å². The van der Waals surface area contributed by atoms with Crippen LogP contribution in [0.15, 0.2) is 52.7 Å². The molecule has 80 valence electrons. The van der Waals surface area contributed by atoms with E-state index in [1.165, 1.54) is 0 Å². The number of thioether (sulfide) groups is 1. The van der Waals surface area contributed by atoms with Crippen LogP contribution >= 0.6 is 11.8 Å². The summed E-state index contributed by atoms with van der Waals surface area (Å²) in [4.78, 5) is 15.5. The van der Waals surface area contributed by atoms with Crippen LogP contribution < -0.4 is 0 Å². The number of aliphatic imine (C=N–C) groups is 1. The molecule has 2 aliphatic heterocycles. The van der Waals surface area contributed by atoms with Crippen LogP contribution in [-0.4, -0.2) is 27.3 Å². The molecule has 0 aromatic carbocycles. The number of aliphatic carboxylic acids is 1. The summed E-state index contributed by atoms with van der Waals surface area (Å²) in [5.74, 6) is -0.292. The maximum atomic E-state index is 11.1. The summed E-state index contributed by atoms with van der Waals surface area (Å²) in [5, 5.41) is 9.15. The lowest BCUT2D eigenvalue weighted by Gasteiger charge is -2.30. The molecule has 3 nitrogen and oxygen atoms in total. The van der Waals surface area contributed by atoms with Crippen molar-refractivity contribution in [2.45, 2.75) is 4.75 Å². The van der Waals surface area contributed by atoms with Crippen LogP contribution in [0.1, 0.15) is 0 Å². The largest absolute Gasteiger partial charge is 0.478 e. The van der Waals surface area contributed by atoms with Gasteiger partial charge in [-0.25, -0.2) is 4.79 Å². The second kappa shape index (κ2) is 3.22. The third-order valence-corrected chi connectivity index (χ3v) is 4.41. The van der Waals surface area contributed by atoms with Crippen LogP contribution in [0.3, 0.4) is 0 Å². The molecule has 0 aromatic rings. The first-order chi connectivity index (χ1) is 7.74. The molecule has 0 bridgehead atoms. The summed E-state index contributed by atoms with van der Waals surface area (Å²) in [5.41, 5.74) is 2.29. The summed E-state index contributed by atoms with van der Waals surface area (Å²) in [6.45, 7) is 0. The standard InChI is InChI=1S/C12H9NO2S/c14-11(15)8-7-16-12-5-2-1-3-10(12)13-6-4-9(8)12/h1-6H,7H2,(H,14,15). The minimum absolute atomic E-state index is 0.350. The fourth-order valence-corrected chi connectivity index (χ4v) is 3.64. The van der Waals surface area contributed by atoms with Crippen molar-refractivity contribution in [1.29, 1.82) is 0 Å². The molecule has 1 aliphatic carbocycles. The third kappa shape index (κ3) is 1.10. The van der Waals surface area contributed by atoms with Crippen LogP contribution in [0.4, 0.5) is 0 Å². The maximum Gasteiger partial charge on any atom is 0.332 e. The molecular weight excluding hydrogens is 222 g/mol. The molecule has 1 spiro atoms. The van der Waals surface area contributed by atoms with Gasteiger partial charge < -0.3 is 5.11 Å². The first-order valence-corrected chi connectivity index (χ1v) is 5.94. The highest BCUT2D eigenvalue weighted by molar-refractivity contribution is 8.02. The van der Waals surface area contributed by atoms with Gasteiger partial charge in [0.2, 0.25) is 0 Å². The van der Waals surface area contributed by atoms with Crippen molar-refractivity contribution in [3.05, 3.63) is 47.7 Å². The van der Waals surface area contributed by atoms with E-state index in [0.717, 1.165) is 11.3 Å². The number of allylic oxidation sites excluding steroid dienone is 4. The van der Waals surface area contributed by atoms with Crippen molar-refractivity contribution in [1.82, 2.24) is 0 Å². The zero-order chi connectivity index (χ0) is 11.2. The Kier molecular flexibility index (Phi) is 1.94. The van der Waals surface area contributed by atoms with Gasteiger partial charge in [-0.3, -0.25) is 4.99 Å². The lowest BCUT2D eigenvalue weighted by molar-refractivity contribution is -0.132. The van der Waals surface area contributed by atoms with Gasteiger partial charge >= 0.3 is 5.97 Å². The second-order valence-corrected chi connectivity index (χ2v) is 4.99. The molecule has 1 atom stereocenters. The molecule has 3 aliphatic rings. The predicted molar refractivity (Wildman–Crippen MR) is 64.7 cm³/mol. The first-order valence-electron chi connectivity index (χ1n) is 4.96. The van der Waals surface area contributed by atoms with Gasteiger partial charge in [0.25, 0.3) is 0 Å². The smallest absolute Gasteiger partial charge is 0.332 e. The monoisotopic (exact) mass is 231 g/mol. The van der Waals surface area contributed by atoms with Gasteiger partial charge in [-0.2, -0.15) is 0 Å². The molecule has 0 radical (unpaired) electrons. The van der Waals surface area contributed by atoms with E-state index >= 15 is 0 Å². The molecule has 16 heavy (non-hydrogen) atoms. The zero-order valence-electron chi connectivity index (χ0n) is 8.38. The van der Waals surface area contributed by atoms with Crippen molar-refractivity contribution in [2.75, 3.05) is 5.75 Å². The van der Waals surface area contributed by atoms with E-state index in [2.05, 4.69) is 4.99 Å². The summed E-state index contributed by atoms with van der Waals surface area (Å²) in [6, 6.07) is 0. The summed E-state index contributed by atoms with van der Waals surface area (Å²) in [7, 11) is 0. The lowest BCUT2D eigenvalue weighted by atomic mass is 9.85. The van der Waals surface area contributed by atoms with Crippen LogP contribution in [0, 0.1) is 0 Å². The molecule has 4 heteroatoms. The van der Waals surface area contributed by atoms with Gasteiger partial charge in [0.15, 0.2) is 0 Å². The van der Waals surface area contributed by atoms with Gasteiger partial charge in [-0.05, 0) is 17.7 Å². The Balaban J connectivity index is 2.22. The van der Waals surface area contributed by atoms with Crippen molar-refractivity contribution >= 4 is 23.4 Å². The molecule has 0 saturated heterocycles. The molecule has 3 rings (SSSR count). The Hall–Kier alpha value is -1.55. The summed E-state index contributed by atoms with van der Waals surface area (Å²) < 4.78 is -0.350. The molecule has 0 amide bonds. The van der Waals surface area contributed by atoms with Crippen molar-refractivity contribution in [3.63, 3.8) is 0 Å². The molecule has 2 heterocycles. The molecule has 0 aromatic heterocycles. The number of hydrogen-bond donors (Lipinski definition) is 1. The zero-order valence-corrected chi connectivity index (χ0v) is 9.20. The van der Waals surface area contributed by atoms with Crippen LogP contribution in [0.5, 0.6) is 0 Å². The average Bonchev–Trinajstić information content (AvgIpc) is 2.66. The van der Waals surface area contributed by atoms with Gasteiger partial charge in [0.05, 0.1) is 11.3 Å². The Labute approximate surface area is 97.0 Å². The quantitative estimate of drug-likeness (QED) is 0.750. The van der Waals surface area contributed by atoms with E-state index in [0.29, 0.717) is 11.3 Å². The topological polar surface area (TPSA) is 49.7 Å². The number of nitrogens with zero attached hydrogens (tertiary/aromatic N) is 1. The van der Waals surface area contributed by atoms with Crippen LogP contribution in [0.25, 0.3) is 0 Å². The highest BCUT2D eigenvalue weighted by Gasteiger charge is 2.45. The van der Waals surface area contributed by atoms with Crippen molar-refractivity contribution in [2.24, 2.45) is 4.99 Å². The number of hydrogen-bond acceptors (Lipinski definition) is 3. The lowest BCUT2D eigenvalue weighted by Crippen LogP contribution is -2.34. The highest BCUT2D eigenvalue weighted by Crippen LogP contribution is 2.48. The minimum atomic E-state index is -0.826. The van der Waals surface area contributed by atoms with Gasteiger partial charge in [-0.15, -0.1) is 11.8 Å². The van der Waals surface area contributed by atoms with E-state index in [1.54, 1.807) is 18.0 Å². The van der Waals surface area contributed by atoms with Crippen LogP contribution in [-0.2, 0) is 4.79 Å². The van der Waals surface area contributed by atoms with Gasteiger partial charge in [0.1, 0.15) is 4.75 Å². The van der Waals surface area contributed by atoms with Crippen molar-refractivity contribution < 1.29 is 9.90 Å². The van der Waals surface area contributed by atoms with E-state index in [9.17, 15) is 4.79 Å². The van der Waals surface area contributed by atoms with Crippen molar-refractivity contribution in [3.8, 4) is 0 Å². The number of carbonyl (C=O) groups is 1. The third-order valence-electron chi connectivity index (χ3n) is 2.96. The fourth-order valence-electron chi connectivity index (χ4n) is 2.19. The Bertz CT molecular complexity index is 525. The Morgan fingerprint density at radius 3 is 3.12 bits per heavy atom. The number of carboxylic acid groups (broad SMARTS) is 1. The number of carboxylic acids is 1. The van der Waals surface area contributed by atoms with Gasteiger partial charge in [0, 0.05) is 12.0 Å². The number of rotatable bonds is 1. The molecule has 0 fully saturated rings. The van der Waals surface area contributed by atoms with E-state index in [-0.39, 0.29) is 4.75 Å². The fraction of sp³-hybridized carbons (Fsp3) is 0.167. The Morgan fingerprint density at radius 2 is 2.31 bits per heavy atom. The van der Waals surface area contributed by atoms with Gasteiger partial charge in [-0.1, -0.05) is 18.2 Å². The molecular formula is C12H9NO2S.